The molecule has 2 N–H and O–H groups in total. The maximum absolute atomic E-state index is 13.1. The Morgan fingerprint density at radius 2 is 2.04 bits per heavy atom. The molecule has 2 atom stereocenters. The van der Waals surface area contributed by atoms with Crippen LogP contribution in [0.15, 0.2) is 18.2 Å². The molecule has 0 spiro atoms. The van der Waals surface area contributed by atoms with Crippen LogP contribution in [0.2, 0.25) is 5.02 Å². The molecule has 4 nitrogen and oxygen atoms in total. The van der Waals surface area contributed by atoms with Crippen molar-refractivity contribution in [3.63, 3.8) is 0 Å². The van der Waals surface area contributed by atoms with Crippen LogP contribution in [0.25, 0.3) is 0 Å². The van der Waals surface area contributed by atoms with E-state index in [-0.39, 0.29) is 17.9 Å². The van der Waals surface area contributed by atoms with Gasteiger partial charge in [-0.15, -0.1) is 0 Å². The molecule has 0 aliphatic carbocycles. The second-order valence-electron chi connectivity index (χ2n) is 6.55. The van der Waals surface area contributed by atoms with Crippen molar-refractivity contribution in [3.8, 4) is 0 Å². The average Bonchev–Trinajstić information content (AvgIpc) is 2.41. The van der Waals surface area contributed by atoms with Gasteiger partial charge >= 0.3 is 6.09 Å². The number of nitrogens with one attached hydrogen (secondary N) is 2. The van der Waals surface area contributed by atoms with Crippen molar-refractivity contribution in [2.45, 2.75) is 58.7 Å². The van der Waals surface area contributed by atoms with Gasteiger partial charge in [-0.05, 0) is 51.8 Å². The lowest BCUT2D eigenvalue weighted by atomic mass is 10.1. The second kappa shape index (κ2) is 8.50. The molecule has 0 saturated carbocycles. The Labute approximate surface area is 142 Å². The van der Waals surface area contributed by atoms with Crippen LogP contribution in [0, 0.1) is 5.82 Å². The molecule has 6 heteroatoms. The fourth-order valence-corrected chi connectivity index (χ4v) is 2.38. The van der Waals surface area contributed by atoms with Crippen LogP contribution in [-0.4, -0.2) is 24.3 Å². The first-order valence-corrected chi connectivity index (χ1v) is 8.18. The van der Waals surface area contributed by atoms with Crippen molar-refractivity contribution in [1.29, 1.82) is 0 Å². The molecular weight excluding hydrogens is 319 g/mol. The maximum Gasteiger partial charge on any atom is 0.407 e. The van der Waals surface area contributed by atoms with Gasteiger partial charge in [0, 0.05) is 23.7 Å². The number of rotatable bonds is 6. The first kappa shape index (κ1) is 19.7. The Morgan fingerprint density at radius 1 is 1.39 bits per heavy atom. The summed E-state index contributed by atoms with van der Waals surface area (Å²) in [6, 6.07) is 4.22. The molecule has 0 fully saturated rings. The van der Waals surface area contributed by atoms with Gasteiger partial charge in [0.05, 0.1) is 0 Å². The van der Waals surface area contributed by atoms with E-state index in [2.05, 4.69) is 10.6 Å². The number of amides is 1. The lowest BCUT2D eigenvalue weighted by Crippen LogP contribution is -2.44. The molecule has 0 bridgehead atoms. The SMILES string of the molecule is CCC(CNC(C)c1ccc(F)cc1Cl)NC(=O)OC(C)(C)C. The van der Waals surface area contributed by atoms with E-state index in [1.807, 2.05) is 34.6 Å². The summed E-state index contributed by atoms with van der Waals surface area (Å²) in [5.74, 6) is -0.357. The van der Waals surface area contributed by atoms with Crippen molar-refractivity contribution >= 4 is 17.7 Å². The van der Waals surface area contributed by atoms with Crippen molar-refractivity contribution in [2.75, 3.05) is 6.54 Å². The number of carbonyl (C=O) groups excluding carboxylic acids is 1. The summed E-state index contributed by atoms with van der Waals surface area (Å²) >= 11 is 6.06. The van der Waals surface area contributed by atoms with Crippen LogP contribution >= 0.6 is 11.6 Å². The quantitative estimate of drug-likeness (QED) is 0.802. The zero-order chi connectivity index (χ0) is 17.6. The predicted octanol–water partition coefficient (Wildman–Crippen LogP) is 4.43. The number of alkyl carbamates (subject to hydrolysis) is 1. The van der Waals surface area contributed by atoms with Gasteiger partial charge < -0.3 is 15.4 Å². The van der Waals surface area contributed by atoms with Crippen LogP contribution in [0.5, 0.6) is 0 Å². The second-order valence-corrected chi connectivity index (χ2v) is 6.95. The van der Waals surface area contributed by atoms with Crippen LogP contribution in [-0.2, 0) is 4.74 Å². The molecule has 23 heavy (non-hydrogen) atoms. The van der Waals surface area contributed by atoms with Gasteiger partial charge in [-0.2, -0.15) is 0 Å². The minimum atomic E-state index is -0.523. The fraction of sp³-hybridized carbons (Fsp3) is 0.588. The van der Waals surface area contributed by atoms with E-state index in [1.165, 1.54) is 12.1 Å². The number of ether oxygens (including phenoxy) is 1. The summed E-state index contributed by atoms with van der Waals surface area (Å²) in [5.41, 5.74) is 0.297. The molecule has 0 heterocycles. The standard InChI is InChI=1S/C17H26ClFN2O2/c1-6-13(21-16(22)23-17(3,4)5)10-20-11(2)14-8-7-12(19)9-15(14)18/h7-9,11,13,20H,6,10H2,1-5H3,(H,21,22). The molecule has 1 amide bonds. The Kier molecular flexibility index (Phi) is 7.29. The number of hydrogen-bond acceptors (Lipinski definition) is 3. The molecule has 130 valence electrons. The highest BCUT2D eigenvalue weighted by Gasteiger charge is 2.19. The lowest BCUT2D eigenvalue weighted by Gasteiger charge is -2.24. The minimum absolute atomic E-state index is 0.0578. The van der Waals surface area contributed by atoms with Gasteiger partial charge in [0.25, 0.3) is 0 Å². The zero-order valence-electron chi connectivity index (χ0n) is 14.4. The average molecular weight is 345 g/mol. The summed E-state index contributed by atoms with van der Waals surface area (Å²) in [6.45, 7) is 9.96. The monoisotopic (exact) mass is 344 g/mol. The highest BCUT2D eigenvalue weighted by Crippen LogP contribution is 2.23. The van der Waals surface area contributed by atoms with Crippen molar-refractivity contribution in [2.24, 2.45) is 0 Å². The Hall–Kier alpha value is -1.33. The molecule has 2 unspecified atom stereocenters. The van der Waals surface area contributed by atoms with Crippen molar-refractivity contribution < 1.29 is 13.9 Å². The highest BCUT2D eigenvalue weighted by atomic mass is 35.5. The molecule has 1 aromatic rings. The third kappa shape index (κ3) is 7.18. The van der Waals surface area contributed by atoms with Crippen molar-refractivity contribution in [1.82, 2.24) is 10.6 Å². The highest BCUT2D eigenvalue weighted by molar-refractivity contribution is 6.31. The van der Waals surface area contributed by atoms with Gasteiger partial charge in [0.1, 0.15) is 11.4 Å². The van der Waals surface area contributed by atoms with Crippen LogP contribution in [0.1, 0.15) is 52.6 Å². The number of carbonyl (C=O) groups is 1. The Bertz CT molecular complexity index is 532. The first-order chi connectivity index (χ1) is 10.6. The molecule has 1 aromatic carbocycles. The predicted molar refractivity (Wildman–Crippen MR) is 91.3 cm³/mol. The van der Waals surface area contributed by atoms with Gasteiger partial charge in [0.2, 0.25) is 0 Å². The molecular formula is C17H26ClFN2O2. The zero-order valence-corrected chi connectivity index (χ0v) is 15.1. The Balaban J connectivity index is 2.55. The summed E-state index contributed by atoms with van der Waals surface area (Å²) < 4.78 is 18.3. The molecule has 0 saturated heterocycles. The number of halogens is 2. The molecule has 0 radical (unpaired) electrons. The smallest absolute Gasteiger partial charge is 0.407 e. The van der Waals surface area contributed by atoms with E-state index >= 15 is 0 Å². The number of benzene rings is 1. The van der Waals surface area contributed by atoms with Crippen LogP contribution in [0.4, 0.5) is 9.18 Å². The third-order valence-electron chi connectivity index (χ3n) is 3.31. The van der Waals surface area contributed by atoms with Gasteiger partial charge in [-0.1, -0.05) is 24.6 Å². The number of hydrogen-bond donors (Lipinski definition) is 2. The summed E-state index contributed by atoms with van der Waals surface area (Å²) in [6.07, 6.45) is 0.328. The topological polar surface area (TPSA) is 50.4 Å². The maximum atomic E-state index is 13.1. The normalized spacial score (nSPS) is 14.2. The van der Waals surface area contributed by atoms with E-state index in [0.717, 1.165) is 12.0 Å². The summed E-state index contributed by atoms with van der Waals surface area (Å²) in [7, 11) is 0. The van der Waals surface area contributed by atoms with Crippen LogP contribution in [0.3, 0.4) is 0 Å². The lowest BCUT2D eigenvalue weighted by molar-refractivity contribution is 0.0502. The first-order valence-electron chi connectivity index (χ1n) is 7.80. The molecule has 0 aliphatic heterocycles. The van der Waals surface area contributed by atoms with Crippen molar-refractivity contribution in [3.05, 3.63) is 34.6 Å². The van der Waals surface area contributed by atoms with Gasteiger partial charge in [0.15, 0.2) is 0 Å². The minimum Gasteiger partial charge on any atom is -0.444 e. The summed E-state index contributed by atoms with van der Waals surface area (Å²) in [4.78, 5) is 11.8. The third-order valence-corrected chi connectivity index (χ3v) is 3.64. The van der Waals surface area contributed by atoms with Gasteiger partial charge in [-0.25, -0.2) is 9.18 Å². The largest absolute Gasteiger partial charge is 0.444 e. The Morgan fingerprint density at radius 3 is 2.57 bits per heavy atom. The molecule has 1 rings (SSSR count). The van der Waals surface area contributed by atoms with E-state index < -0.39 is 11.7 Å². The fourth-order valence-electron chi connectivity index (χ4n) is 2.05. The molecule has 0 aliphatic rings. The van der Waals surface area contributed by atoms with Gasteiger partial charge in [-0.3, -0.25) is 0 Å². The van der Waals surface area contributed by atoms with Crippen LogP contribution < -0.4 is 10.6 Å². The van der Waals surface area contributed by atoms with E-state index in [0.29, 0.717) is 11.6 Å². The summed E-state index contributed by atoms with van der Waals surface area (Å²) in [5, 5.41) is 6.53. The van der Waals surface area contributed by atoms with E-state index in [9.17, 15) is 9.18 Å². The molecule has 0 aromatic heterocycles. The van der Waals surface area contributed by atoms with E-state index in [4.69, 9.17) is 16.3 Å². The van der Waals surface area contributed by atoms with E-state index in [1.54, 1.807) is 6.07 Å².